The Morgan fingerprint density at radius 1 is 1.05 bits per heavy atom. The molecule has 0 bridgehead atoms. The van der Waals surface area contributed by atoms with Crippen LogP contribution >= 0.6 is 27.3 Å². The minimum absolute atomic E-state index is 0.224. The monoisotopic (exact) mass is 602 g/mol. The lowest BCUT2D eigenvalue weighted by Crippen LogP contribution is -2.40. The van der Waals surface area contributed by atoms with Crippen LogP contribution in [0.5, 0.6) is 5.75 Å². The topological polar surface area (TPSA) is 69.9 Å². The van der Waals surface area contributed by atoms with Gasteiger partial charge in [-0.15, -0.1) is 0 Å². The van der Waals surface area contributed by atoms with E-state index in [-0.39, 0.29) is 11.7 Å². The van der Waals surface area contributed by atoms with Crippen molar-refractivity contribution in [1.29, 1.82) is 0 Å². The fraction of sp³-hybridized carbons (Fsp3) is 0.194. The molecule has 6 nitrogen and oxygen atoms in total. The third-order valence-electron chi connectivity index (χ3n) is 6.21. The molecule has 1 unspecified atom stereocenters. The Hall–Kier alpha value is -3.75. The predicted octanol–water partition coefficient (Wildman–Crippen LogP) is 5.53. The highest BCUT2D eigenvalue weighted by atomic mass is 79.9. The number of ether oxygens (including phenoxy) is 2. The van der Waals surface area contributed by atoms with Crippen molar-refractivity contribution in [2.45, 2.75) is 39.5 Å². The number of thiazole rings is 1. The molecule has 4 aromatic rings. The molecule has 3 aromatic carbocycles. The van der Waals surface area contributed by atoms with Crippen molar-refractivity contribution >= 4 is 39.3 Å². The average Bonchev–Trinajstić information content (AvgIpc) is 3.22. The number of para-hydroxylation sites is 1. The first-order valence-electron chi connectivity index (χ1n) is 12.6. The summed E-state index contributed by atoms with van der Waals surface area (Å²) in [5.74, 6) is 0.198. The number of rotatable bonds is 7. The zero-order valence-electron chi connectivity index (χ0n) is 21.8. The van der Waals surface area contributed by atoms with Gasteiger partial charge >= 0.3 is 5.97 Å². The van der Waals surface area contributed by atoms with Gasteiger partial charge in [-0.2, -0.15) is 0 Å². The molecule has 39 heavy (non-hydrogen) atoms. The second-order valence-corrected chi connectivity index (χ2v) is 11.3. The van der Waals surface area contributed by atoms with Crippen molar-refractivity contribution in [3.05, 3.63) is 131 Å². The maximum absolute atomic E-state index is 13.9. The number of fused-ring (bicyclic) bond motifs is 1. The van der Waals surface area contributed by atoms with Crippen molar-refractivity contribution < 1.29 is 14.3 Å². The zero-order chi connectivity index (χ0) is 27.5. The minimum Gasteiger partial charge on any atom is -0.488 e. The summed E-state index contributed by atoms with van der Waals surface area (Å²) >= 11 is 4.75. The van der Waals surface area contributed by atoms with Gasteiger partial charge in [0.05, 0.1) is 27.9 Å². The standard InChI is InChI=1S/C31H27BrN2O4S/c1-19(2)38-30(36)27-20(3)33-31-34(28(27)22-9-5-4-6-10-22)29(35)26(39-31)17-23-11-7-8-12-25(23)37-18-21-13-15-24(32)16-14-21/h4-17,19,28H,18H2,1-3H3. The van der Waals surface area contributed by atoms with E-state index in [1.165, 1.54) is 11.3 Å². The van der Waals surface area contributed by atoms with Crippen molar-refractivity contribution in [2.75, 3.05) is 0 Å². The third kappa shape index (κ3) is 5.82. The fourth-order valence-electron chi connectivity index (χ4n) is 4.43. The summed E-state index contributed by atoms with van der Waals surface area (Å²) in [6.07, 6.45) is 1.53. The smallest absolute Gasteiger partial charge is 0.338 e. The van der Waals surface area contributed by atoms with Crippen LogP contribution in [0.4, 0.5) is 0 Å². The Morgan fingerprint density at radius 3 is 2.46 bits per heavy atom. The highest BCUT2D eigenvalue weighted by Crippen LogP contribution is 2.31. The molecule has 1 aliphatic rings. The fourth-order valence-corrected chi connectivity index (χ4v) is 5.73. The van der Waals surface area contributed by atoms with E-state index in [4.69, 9.17) is 9.47 Å². The van der Waals surface area contributed by atoms with Crippen LogP contribution in [-0.4, -0.2) is 16.6 Å². The van der Waals surface area contributed by atoms with Crippen LogP contribution in [0, 0.1) is 0 Å². The van der Waals surface area contributed by atoms with E-state index in [0.717, 1.165) is 21.2 Å². The van der Waals surface area contributed by atoms with Crippen LogP contribution in [0.1, 0.15) is 43.5 Å². The largest absolute Gasteiger partial charge is 0.488 e. The molecule has 8 heteroatoms. The number of nitrogens with zero attached hydrogens (tertiary/aromatic N) is 2. The van der Waals surface area contributed by atoms with Crippen LogP contribution < -0.4 is 19.6 Å². The highest BCUT2D eigenvalue weighted by molar-refractivity contribution is 9.10. The first-order chi connectivity index (χ1) is 18.8. The van der Waals surface area contributed by atoms with Gasteiger partial charge in [-0.3, -0.25) is 9.36 Å². The maximum atomic E-state index is 13.9. The summed E-state index contributed by atoms with van der Waals surface area (Å²) in [7, 11) is 0. The van der Waals surface area contributed by atoms with E-state index in [1.807, 2.05) is 84.9 Å². The van der Waals surface area contributed by atoms with Crippen molar-refractivity contribution in [2.24, 2.45) is 4.99 Å². The van der Waals surface area contributed by atoms with Gasteiger partial charge in [0.1, 0.15) is 12.4 Å². The molecule has 1 aromatic heterocycles. The first-order valence-corrected chi connectivity index (χ1v) is 14.2. The number of benzene rings is 3. The Labute approximate surface area is 238 Å². The number of carbonyl (C=O) groups excluding carboxylic acids is 1. The van der Waals surface area contributed by atoms with Crippen molar-refractivity contribution in [1.82, 2.24) is 4.57 Å². The van der Waals surface area contributed by atoms with E-state index >= 15 is 0 Å². The van der Waals surface area contributed by atoms with Crippen LogP contribution in [0.3, 0.4) is 0 Å². The Morgan fingerprint density at radius 2 is 1.74 bits per heavy atom. The number of hydrogen-bond donors (Lipinski definition) is 0. The number of hydrogen-bond acceptors (Lipinski definition) is 6. The molecule has 1 aliphatic heterocycles. The molecule has 0 N–H and O–H groups in total. The van der Waals surface area contributed by atoms with Gasteiger partial charge in [-0.1, -0.05) is 87.9 Å². The van der Waals surface area contributed by atoms with Gasteiger partial charge in [-0.05, 0) is 56.2 Å². The van der Waals surface area contributed by atoms with E-state index in [0.29, 0.717) is 33.0 Å². The highest BCUT2D eigenvalue weighted by Gasteiger charge is 2.33. The number of esters is 1. The Balaban J connectivity index is 1.58. The van der Waals surface area contributed by atoms with Crippen molar-refractivity contribution in [3.8, 4) is 5.75 Å². The van der Waals surface area contributed by atoms with E-state index in [9.17, 15) is 9.59 Å². The van der Waals surface area contributed by atoms with Gasteiger partial charge < -0.3 is 9.47 Å². The van der Waals surface area contributed by atoms with Gasteiger partial charge in [0.2, 0.25) is 0 Å². The summed E-state index contributed by atoms with van der Waals surface area (Å²) in [4.78, 5) is 32.3. The SMILES string of the molecule is CC1=C(C(=O)OC(C)C)C(c2ccccc2)n2c(sc(=Cc3ccccc3OCc3ccc(Br)cc3)c2=O)=N1. The van der Waals surface area contributed by atoms with Crippen molar-refractivity contribution in [3.63, 3.8) is 0 Å². The maximum Gasteiger partial charge on any atom is 0.338 e. The van der Waals surface area contributed by atoms with Crippen LogP contribution in [0.2, 0.25) is 0 Å². The van der Waals surface area contributed by atoms with Gasteiger partial charge in [0.15, 0.2) is 4.80 Å². The second kappa shape index (κ2) is 11.6. The summed E-state index contributed by atoms with van der Waals surface area (Å²) in [6, 6.07) is 24.4. The first kappa shape index (κ1) is 26.8. The Kier molecular flexibility index (Phi) is 7.95. The number of allylic oxidation sites excluding steroid dienone is 1. The molecule has 0 radical (unpaired) electrons. The number of aromatic nitrogens is 1. The zero-order valence-corrected chi connectivity index (χ0v) is 24.2. The summed E-state index contributed by atoms with van der Waals surface area (Å²) in [5.41, 5.74) is 3.32. The molecular formula is C31H27BrN2O4S. The summed E-state index contributed by atoms with van der Waals surface area (Å²) in [6.45, 7) is 5.79. The molecule has 0 amide bonds. The predicted molar refractivity (Wildman–Crippen MR) is 156 cm³/mol. The van der Waals surface area contributed by atoms with Gasteiger partial charge in [0, 0.05) is 10.0 Å². The minimum atomic E-state index is -0.639. The molecule has 0 aliphatic carbocycles. The molecule has 1 atom stereocenters. The van der Waals surface area contributed by atoms with Gasteiger partial charge in [0.25, 0.3) is 5.56 Å². The molecule has 0 saturated heterocycles. The van der Waals surface area contributed by atoms with Crippen LogP contribution in [0.25, 0.3) is 6.08 Å². The third-order valence-corrected chi connectivity index (χ3v) is 7.72. The molecular weight excluding hydrogens is 576 g/mol. The second-order valence-electron chi connectivity index (χ2n) is 9.40. The summed E-state index contributed by atoms with van der Waals surface area (Å²) in [5, 5.41) is 0. The lowest BCUT2D eigenvalue weighted by Gasteiger charge is -2.25. The average molecular weight is 604 g/mol. The lowest BCUT2D eigenvalue weighted by molar-refractivity contribution is -0.143. The quantitative estimate of drug-likeness (QED) is 0.261. The molecule has 0 fully saturated rings. The molecule has 5 rings (SSSR count). The van der Waals surface area contributed by atoms with E-state index < -0.39 is 12.0 Å². The molecule has 198 valence electrons. The van der Waals surface area contributed by atoms with E-state index in [1.54, 1.807) is 25.3 Å². The van der Waals surface area contributed by atoms with E-state index in [2.05, 4.69) is 20.9 Å². The molecule has 0 spiro atoms. The summed E-state index contributed by atoms with van der Waals surface area (Å²) < 4.78 is 14.8. The lowest BCUT2D eigenvalue weighted by atomic mass is 9.96. The molecule has 0 saturated carbocycles. The number of halogens is 1. The van der Waals surface area contributed by atoms with Crippen LogP contribution in [-0.2, 0) is 16.1 Å². The van der Waals surface area contributed by atoms with Crippen LogP contribution in [0.15, 0.2) is 104 Å². The van der Waals surface area contributed by atoms with Gasteiger partial charge in [-0.25, -0.2) is 9.79 Å². The molecule has 2 heterocycles. The number of carbonyl (C=O) groups is 1. The normalized spacial score (nSPS) is 15.2. The Bertz CT molecular complexity index is 1720.